The van der Waals surface area contributed by atoms with Gasteiger partial charge in [0.25, 0.3) is 0 Å². The molecule has 0 spiro atoms. The third-order valence-corrected chi connectivity index (χ3v) is 3.93. The lowest BCUT2D eigenvalue weighted by Crippen LogP contribution is -2.51. The average Bonchev–Trinajstić information content (AvgIpc) is 2.39. The Labute approximate surface area is 116 Å². The molecule has 2 unspecified atom stereocenters. The highest BCUT2D eigenvalue weighted by atomic mass is 35.5. The van der Waals surface area contributed by atoms with E-state index in [1.54, 1.807) is 12.1 Å². The zero-order valence-corrected chi connectivity index (χ0v) is 11.1. The van der Waals surface area contributed by atoms with Crippen molar-refractivity contribution in [2.75, 3.05) is 0 Å². The first-order valence-corrected chi connectivity index (χ1v) is 6.58. The van der Waals surface area contributed by atoms with Crippen molar-refractivity contribution >= 4 is 23.4 Å². The molecule has 2 rings (SSSR count). The first-order valence-electron chi connectivity index (χ1n) is 6.20. The second-order valence-corrected chi connectivity index (χ2v) is 5.33. The maximum Gasteiger partial charge on any atom is 0.309 e. The van der Waals surface area contributed by atoms with Crippen LogP contribution in [0.5, 0.6) is 0 Å². The fraction of sp³-hybridized carbons (Fsp3) is 0.429. The fourth-order valence-corrected chi connectivity index (χ4v) is 2.73. The van der Waals surface area contributed by atoms with E-state index in [-0.39, 0.29) is 6.42 Å². The van der Waals surface area contributed by atoms with Gasteiger partial charge in [-0.05, 0) is 37.1 Å². The van der Waals surface area contributed by atoms with Crippen LogP contribution in [-0.4, -0.2) is 27.6 Å². The van der Waals surface area contributed by atoms with E-state index in [1.165, 1.54) is 12.1 Å². The van der Waals surface area contributed by atoms with Gasteiger partial charge in [-0.25, -0.2) is 0 Å². The van der Waals surface area contributed by atoms with Crippen LogP contribution in [0.15, 0.2) is 24.3 Å². The largest absolute Gasteiger partial charge is 0.481 e. The number of rotatable bonds is 3. The third-order valence-electron chi connectivity index (χ3n) is 3.67. The predicted molar refractivity (Wildman–Crippen MR) is 70.3 cm³/mol. The zero-order valence-electron chi connectivity index (χ0n) is 10.3. The van der Waals surface area contributed by atoms with Gasteiger partial charge in [0.15, 0.2) is 5.78 Å². The molecular formula is C14H15ClO4. The summed E-state index contributed by atoms with van der Waals surface area (Å²) >= 11 is 5.75. The molecule has 1 aliphatic rings. The minimum Gasteiger partial charge on any atom is -0.481 e. The number of carbonyl (C=O) groups excluding carboxylic acids is 1. The molecule has 2 N–H and O–H groups in total. The van der Waals surface area contributed by atoms with Gasteiger partial charge in [0.05, 0.1) is 5.92 Å². The molecule has 1 aromatic carbocycles. The average molecular weight is 283 g/mol. The Balaban J connectivity index is 2.33. The number of Topliss-reactive ketones (excluding diaryl/α,β-unsaturated/α-hetero) is 1. The molecule has 1 aromatic rings. The lowest BCUT2D eigenvalue weighted by atomic mass is 9.71. The van der Waals surface area contributed by atoms with Crippen molar-refractivity contribution in [3.8, 4) is 0 Å². The Bertz CT molecular complexity index is 497. The topological polar surface area (TPSA) is 74.6 Å². The SMILES string of the molecule is O=C(O)C1CCCCC1(O)C(=O)c1ccc(Cl)cc1. The second kappa shape index (κ2) is 5.31. The molecule has 1 aliphatic carbocycles. The van der Waals surface area contributed by atoms with Crippen LogP contribution in [-0.2, 0) is 4.79 Å². The molecule has 4 nitrogen and oxygen atoms in total. The van der Waals surface area contributed by atoms with E-state index in [0.717, 1.165) is 0 Å². The van der Waals surface area contributed by atoms with Crippen LogP contribution < -0.4 is 0 Å². The van der Waals surface area contributed by atoms with Crippen LogP contribution in [0.3, 0.4) is 0 Å². The highest BCUT2D eigenvalue weighted by Gasteiger charge is 2.49. The summed E-state index contributed by atoms with van der Waals surface area (Å²) in [5.74, 6) is -2.69. The van der Waals surface area contributed by atoms with Gasteiger partial charge in [-0.2, -0.15) is 0 Å². The fourth-order valence-electron chi connectivity index (χ4n) is 2.61. The Hall–Kier alpha value is -1.39. The van der Waals surface area contributed by atoms with E-state index in [4.69, 9.17) is 11.6 Å². The van der Waals surface area contributed by atoms with Crippen LogP contribution in [0.2, 0.25) is 5.02 Å². The minimum absolute atomic E-state index is 0.186. The summed E-state index contributed by atoms with van der Waals surface area (Å²) < 4.78 is 0. The van der Waals surface area contributed by atoms with Gasteiger partial charge in [0.2, 0.25) is 0 Å². The summed E-state index contributed by atoms with van der Waals surface area (Å²) in [6.45, 7) is 0. The van der Waals surface area contributed by atoms with E-state index in [9.17, 15) is 19.8 Å². The number of benzene rings is 1. The minimum atomic E-state index is -1.81. The first-order chi connectivity index (χ1) is 8.95. The van der Waals surface area contributed by atoms with Crippen LogP contribution in [0.1, 0.15) is 36.0 Å². The number of halogens is 1. The Morgan fingerprint density at radius 3 is 2.42 bits per heavy atom. The van der Waals surface area contributed by atoms with E-state index >= 15 is 0 Å². The van der Waals surface area contributed by atoms with Crippen molar-refractivity contribution in [3.05, 3.63) is 34.9 Å². The number of aliphatic carboxylic acids is 1. The molecule has 5 heteroatoms. The van der Waals surface area contributed by atoms with Crippen LogP contribution in [0.25, 0.3) is 0 Å². The summed E-state index contributed by atoms with van der Waals surface area (Å²) in [6, 6.07) is 6.12. The third kappa shape index (κ3) is 2.65. The monoisotopic (exact) mass is 282 g/mol. The van der Waals surface area contributed by atoms with Crippen LogP contribution in [0.4, 0.5) is 0 Å². The molecule has 0 heterocycles. The summed E-state index contributed by atoms with van der Waals surface area (Å²) in [5, 5.41) is 20.2. The number of carboxylic acid groups (broad SMARTS) is 1. The highest BCUT2D eigenvalue weighted by Crippen LogP contribution is 2.36. The molecule has 0 aliphatic heterocycles. The van der Waals surface area contributed by atoms with Crippen molar-refractivity contribution in [3.63, 3.8) is 0 Å². The number of carboxylic acids is 1. The van der Waals surface area contributed by atoms with Gasteiger partial charge in [-0.1, -0.05) is 24.4 Å². The first kappa shape index (κ1) is 14.0. The number of ketones is 1. The van der Waals surface area contributed by atoms with Gasteiger partial charge >= 0.3 is 5.97 Å². The summed E-state index contributed by atoms with van der Waals surface area (Å²) in [4.78, 5) is 23.6. The lowest BCUT2D eigenvalue weighted by Gasteiger charge is -2.36. The van der Waals surface area contributed by atoms with Crippen molar-refractivity contribution in [2.45, 2.75) is 31.3 Å². The highest BCUT2D eigenvalue weighted by molar-refractivity contribution is 6.30. The number of carbonyl (C=O) groups is 2. The predicted octanol–water partition coefficient (Wildman–Crippen LogP) is 2.53. The standard InChI is InChI=1S/C14H15ClO4/c15-10-6-4-9(5-7-10)12(16)14(19)8-2-1-3-11(14)13(17)18/h4-7,11,19H,1-3,8H2,(H,17,18). The van der Waals surface area contributed by atoms with Crippen molar-refractivity contribution < 1.29 is 19.8 Å². The molecule has 1 fully saturated rings. The number of hydrogen-bond donors (Lipinski definition) is 2. The molecule has 102 valence electrons. The van der Waals surface area contributed by atoms with E-state index in [2.05, 4.69) is 0 Å². The van der Waals surface area contributed by atoms with Crippen molar-refractivity contribution in [1.29, 1.82) is 0 Å². The maximum atomic E-state index is 12.4. The zero-order chi connectivity index (χ0) is 14.0. The molecule has 0 amide bonds. The maximum absolute atomic E-state index is 12.4. The van der Waals surface area contributed by atoms with Gasteiger partial charge < -0.3 is 10.2 Å². The molecule has 19 heavy (non-hydrogen) atoms. The van der Waals surface area contributed by atoms with Gasteiger partial charge in [0.1, 0.15) is 5.60 Å². The summed E-state index contributed by atoms with van der Waals surface area (Å²) in [6.07, 6.45) is 1.88. The van der Waals surface area contributed by atoms with Gasteiger partial charge in [0, 0.05) is 10.6 Å². The van der Waals surface area contributed by atoms with Gasteiger partial charge in [-0.3, -0.25) is 9.59 Å². The van der Waals surface area contributed by atoms with Crippen LogP contribution >= 0.6 is 11.6 Å². The second-order valence-electron chi connectivity index (χ2n) is 4.90. The van der Waals surface area contributed by atoms with Crippen LogP contribution in [0, 0.1) is 5.92 Å². The van der Waals surface area contributed by atoms with Crippen molar-refractivity contribution in [1.82, 2.24) is 0 Å². The van der Waals surface area contributed by atoms with E-state index in [1.807, 2.05) is 0 Å². The molecule has 1 saturated carbocycles. The van der Waals surface area contributed by atoms with E-state index < -0.39 is 23.3 Å². The Morgan fingerprint density at radius 2 is 1.84 bits per heavy atom. The molecule has 0 aromatic heterocycles. The van der Waals surface area contributed by atoms with Crippen molar-refractivity contribution in [2.24, 2.45) is 5.92 Å². The molecule has 2 atom stereocenters. The van der Waals surface area contributed by atoms with Gasteiger partial charge in [-0.15, -0.1) is 0 Å². The normalized spacial score (nSPS) is 26.9. The number of aliphatic hydroxyl groups is 1. The van der Waals surface area contributed by atoms with E-state index in [0.29, 0.717) is 29.8 Å². The smallest absolute Gasteiger partial charge is 0.309 e. The summed E-state index contributed by atoms with van der Waals surface area (Å²) in [5.41, 5.74) is -1.52. The summed E-state index contributed by atoms with van der Waals surface area (Å²) in [7, 11) is 0. The molecule has 0 saturated heterocycles. The molecule has 0 radical (unpaired) electrons. The lowest BCUT2D eigenvalue weighted by molar-refractivity contribution is -0.151. The number of hydrogen-bond acceptors (Lipinski definition) is 3. The molecule has 0 bridgehead atoms. The Kier molecular flexibility index (Phi) is 3.92. The quantitative estimate of drug-likeness (QED) is 0.836. The Morgan fingerprint density at radius 1 is 1.21 bits per heavy atom. The molecular weight excluding hydrogens is 268 g/mol.